The molecule has 3 aromatic carbocycles. The van der Waals surface area contributed by atoms with Crippen LogP contribution in [0.5, 0.6) is 11.5 Å². The van der Waals surface area contributed by atoms with Gasteiger partial charge in [0.15, 0.2) is 11.5 Å². The van der Waals surface area contributed by atoms with Gasteiger partial charge in [0, 0.05) is 5.92 Å². The molecule has 0 saturated heterocycles. The molecule has 1 N–H and O–H groups in total. The molecule has 2 aliphatic carbocycles. The largest absolute Gasteiger partial charge is 0.493 e. The second-order valence-corrected chi connectivity index (χ2v) is 10.4. The van der Waals surface area contributed by atoms with Gasteiger partial charge < -0.3 is 9.47 Å². The van der Waals surface area contributed by atoms with E-state index in [1.54, 1.807) is 13.3 Å². The Morgan fingerprint density at radius 2 is 2.03 bits per heavy atom. The Morgan fingerprint density at radius 1 is 1.21 bits per heavy atom. The Bertz CT molecular complexity index is 1250. The summed E-state index contributed by atoms with van der Waals surface area (Å²) in [7, 11) is 1.62. The fourth-order valence-corrected chi connectivity index (χ4v) is 6.19. The Morgan fingerprint density at radius 3 is 2.82 bits per heavy atom. The molecule has 1 amide bonds. The van der Waals surface area contributed by atoms with Crippen molar-refractivity contribution < 1.29 is 14.3 Å². The lowest BCUT2D eigenvalue weighted by Crippen LogP contribution is -2.22. The van der Waals surface area contributed by atoms with Gasteiger partial charge in [-0.15, -0.1) is 0 Å². The highest BCUT2D eigenvalue weighted by molar-refractivity contribution is 9.10. The van der Waals surface area contributed by atoms with E-state index in [0.29, 0.717) is 24.0 Å². The number of nitrogens with zero attached hydrogens (tertiary/aromatic N) is 1. The molecule has 0 aromatic heterocycles. The normalized spacial score (nSPS) is 23.5. The maximum absolute atomic E-state index is 12.6. The van der Waals surface area contributed by atoms with Crippen LogP contribution in [-0.2, 0) is 11.4 Å². The number of carbonyl (C=O) groups is 1. The van der Waals surface area contributed by atoms with Crippen LogP contribution in [0.1, 0.15) is 43.7 Å². The van der Waals surface area contributed by atoms with E-state index in [1.807, 2.05) is 30.3 Å². The third kappa shape index (κ3) is 4.31. The van der Waals surface area contributed by atoms with Gasteiger partial charge in [-0.3, -0.25) is 4.79 Å². The number of carbonyl (C=O) groups excluding carboxylic acids is 1. The van der Waals surface area contributed by atoms with Crippen LogP contribution in [0.3, 0.4) is 0 Å². The smallest absolute Gasteiger partial charge is 0.244 e. The van der Waals surface area contributed by atoms with Crippen molar-refractivity contribution in [2.75, 3.05) is 7.11 Å². The molecule has 34 heavy (non-hydrogen) atoms. The molecular formula is C28H29BrN2O3. The highest BCUT2D eigenvalue weighted by Gasteiger charge is 2.64. The number of halogens is 1. The van der Waals surface area contributed by atoms with E-state index in [0.717, 1.165) is 28.4 Å². The lowest BCUT2D eigenvalue weighted by molar-refractivity contribution is -0.123. The summed E-state index contributed by atoms with van der Waals surface area (Å²) in [5.74, 6) is 1.88. The predicted octanol–water partition coefficient (Wildman–Crippen LogP) is 6.47. The summed E-state index contributed by atoms with van der Waals surface area (Å²) in [5.41, 5.74) is 4.84. The van der Waals surface area contributed by atoms with Crippen LogP contribution < -0.4 is 14.9 Å². The molecule has 2 fully saturated rings. The summed E-state index contributed by atoms with van der Waals surface area (Å²) >= 11 is 3.61. The van der Waals surface area contributed by atoms with Crippen LogP contribution in [0, 0.1) is 17.3 Å². The standard InChI is InChI=1S/C28H29BrN2O3/c1-28-13-6-5-12-22(28)25(28)27(32)31-30-16-18-14-23(29)26(24(15-18)33-2)34-17-20-10-7-9-19-8-3-4-11-21(19)20/h3-4,7-11,14-16,22,25H,5-6,12-13,17H2,1-2H3,(H,31,32)/b30-16-/t22-,25+,28+/m1/s1. The lowest BCUT2D eigenvalue weighted by atomic mass is 9.90. The molecule has 0 bridgehead atoms. The van der Waals surface area contributed by atoms with Crippen LogP contribution in [-0.4, -0.2) is 19.2 Å². The first kappa shape index (κ1) is 22.9. The lowest BCUT2D eigenvalue weighted by Gasteiger charge is -2.15. The quantitative estimate of drug-likeness (QED) is 0.287. The van der Waals surface area contributed by atoms with Crippen LogP contribution in [0.2, 0.25) is 0 Å². The van der Waals surface area contributed by atoms with Crippen molar-refractivity contribution in [3.63, 3.8) is 0 Å². The summed E-state index contributed by atoms with van der Waals surface area (Å²) < 4.78 is 12.5. The van der Waals surface area contributed by atoms with Gasteiger partial charge in [-0.25, -0.2) is 5.43 Å². The molecule has 6 heteroatoms. The Balaban J connectivity index is 1.26. The Kier molecular flexibility index (Phi) is 6.34. The number of nitrogens with one attached hydrogen (secondary N) is 1. The fourth-order valence-electron chi connectivity index (χ4n) is 5.61. The van der Waals surface area contributed by atoms with Crippen molar-refractivity contribution in [1.82, 2.24) is 5.43 Å². The van der Waals surface area contributed by atoms with Crippen molar-refractivity contribution in [1.29, 1.82) is 0 Å². The third-order valence-electron chi connectivity index (χ3n) is 7.51. The minimum absolute atomic E-state index is 0.0340. The number of ether oxygens (including phenoxy) is 2. The van der Waals surface area contributed by atoms with E-state index < -0.39 is 0 Å². The molecule has 5 rings (SSSR count). The maximum Gasteiger partial charge on any atom is 0.244 e. The number of rotatable bonds is 7. The highest BCUT2D eigenvalue weighted by atomic mass is 79.9. The number of fused-ring (bicyclic) bond motifs is 2. The van der Waals surface area contributed by atoms with Gasteiger partial charge >= 0.3 is 0 Å². The predicted molar refractivity (Wildman–Crippen MR) is 138 cm³/mol. The van der Waals surface area contributed by atoms with Gasteiger partial charge in [0.25, 0.3) is 0 Å². The van der Waals surface area contributed by atoms with E-state index in [-0.39, 0.29) is 17.2 Å². The van der Waals surface area contributed by atoms with Crippen LogP contribution in [0.4, 0.5) is 0 Å². The molecule has 0 aliphatic heterocycles. The molecule has 0 radical (unpaired) electrons. The van der Waals surface area contributed by atoms with Gasteiger partial charge in [0.05, 0.1) is 17.8 Å². The molecule has 3 aromatic rings. The van der Waals surface area contributed by atoms with E-state index in [2.05, 4.69) is 57.6 Å². The number of amides is 1. The zero-order valence-electron chi connectivity index (χ0n) is 19.5. The van der Waals surface area contributed by atoms with E-state index in [4.69, 9.17) is 9.47 Å². The van der Waals surface area contributed by atoms with Crippen LogP contribution in [0.25, 0.3) is 10.8 Å². The average Bonchev–Trinajstić information content (AvgIpc) is 3.48. The van der Waals surface area contributed by atoms with Gasteiger partial charge in [-0.1, -0.05) is 62.2 Å². The fraction of sp³-hybridized carbons (Fsp3) is 0.357. The van der Waals surface area contributed by atoms with E-state index in [1.165, 1.54) is 23.6 Å². The molecule has 2 aliphatic rings. The summed E-state index contributed by atoms with van der Waals surface area (Å²) in [5, 5.41) is 6.58. The summed E-state index contributed by atoms with van der Waals surface area (Å²) in [6, 6.07) is 18.2. The first-order chi connectivity index (χ1) is 16.5. The summed E-state index contributed by atoms with van der Waals surface area (Å²) in [6.07, 6.45) is 6.40. The molecule has 0 unspecified atom stereocenters. The first-order valence-electron chi connectivity index (χ1n) is 11.8. The van der Waals surface area contributed by atoms with Crippen molar-refractivity contribution in [2.45, 2.75) is 39.2 Å². The molecule has 176 valence electrons. The summed E-state index contributed by atoms with van der Waals surface area (Å²) in [4.78, 5) is 12.6. The Hall–Kier alpha value is -2.86. The molecule has 0 spiro atoms. The zero-order chi connectivity index (χ0) is 23.7. The van der Waals surface area contributed by atoms with E-state index in [9.17, 15) is 4.79 Å². The van der Waals surface area contributed by atoms with Crippen LogP contribution in [0.15, 0.2) is 64.2 Å². The molecule has 5 nitrogen and oxygen atoms in total. The monoisotopic (exact) mass is 520 g/mol. The zero-order valence-corrected chi connectivity index (χ0v) is 21.1. The second-order valence-electron chi connectivity index (χ2n) is 9.53. The van der Waals surface area contributed by atoms with Crippen molar-refractivity contribution in [2.24, 2.45) is 22.4 Å². The summed E-state index contributed by atoms with van der Waals surface area (Å²) in [6.45, 7) is 2.66. The number of hydrogen-bond acceptors (Lipinski definition) is 4. The van der Waals surface area contributed by atoms with Crippen molar-refractivity contribution >= 4 is 38.8 Å². The van der Waals surface area contributed by atoms with Gasteiger partial charge in [0.2, 0.25) is 5.91 Å². The second kappa shape index (κ2) is 9.41. The Labute approximate surface area is 208 Å². The average molecular weight is 521 g/mol. The van der Waals surface area contributed by atoms with Gasteiger partial charge in [0.1, 0.15) is 6.61 Å². The maximum atomic E-state index is 12.6. The topological polar surface area (TPSA) is 59.9 Å². The van der Waals surface area contributed by atoms with Gasteiger partial charge in [-0.05, 0) is 74.1 Å². The minimum Gasteiger partial charge on any atom is -0.493 e. The number of hydrazone groups is 1. The number of benzene rings is 3. The van der Waals surface area contributed by atoms with E-state index >= 15 is 0 Å². The minimum atomic E-state index is 0.0340. The van der Waals surface area contributed by atoms with Crippen molar-refractivity contribution in [3.8, 4) is 11.5 Å². The molecule has 0 heterocycles. The van der Waals surface area contributed by atoms with Crippen LogP contribution >= 0.6 is 15.9 Å². The number of methoxy groups -OCH3 is 1. The molecule has 2 saturated carbocycles. The molecular weight excluding hydrogens is 492 g/mol. The van der Waals surface area contributed by atoms with Gasteiger partial charge in [-0.2, -0.15) is 5.10 Å². The highest BCUT2D eigenvalue weighted by Crippen LogP contribution is 2.66. The first-order valence-corrected chi connectivity index (χ1v) is 12.6. The van der Waals surface area contributed by atoms with Crippen molar-refractivity contribution in [3.05, 3.63) is 70.2 Å². The SMILES string of the molecule is COc1cc(/C=N\NC(=O)[C@@H]2[C@H]3CCCC[C@@]32C)cc(Br)c1OCc1cccc2ccccc12. The molecule has 3 atom stereocenters. The third-order valence-corrected chi connectivity index (χ3v) is 8.09. The number of hydrogen-bond donors (Lipinski definition) is 1.